The molecule has 1 aliphatic rings. The molecule has 0 radical (unpaired) electrons. The van der Waals surface area contributed by atoms with Gasteiger partial charge >= 0.3 is 0 Å². The van der Waals surface area contributed by atoms with E-state index in [0.717, 1.165) is 22.2 Å². The normalized spacial score (nSPS) is 14.5. The highest BCUT2D eigenvalue weighted by Gasteiger charge is 2.23. The fourth-order valence-electron chi connectivity index (χ4n) is 3.46. The van der Waals surface area contributed by atoms with Crippen LogP contribution in [-0.2, 0) is 4.74 Å². The Morgan fingerprint density at radius 1 is 1.11 bits per heavy atom. The van der Waals surface area contributed by atoms with E-state index in [9.17, 15) is 4.79 Å². The largest absolute Gasteiger partial charge is 0.451 e. The maximum Gasteiger partial charge on any atom is 0.291 e. The third kappa shape index (κ3) is 3.46. The molecule has 2 aromatic carbocycles. The topological polar surface area (TPSA) is 54.7 Å². The van der Waals surface area contributed by atoms with Crippen molar-refractivity contribution in [3.05, 3.63) is 57.3 Å². The van der Waals surface area contributed by atoms with Gasteiger partial charge < -0.3 is 19.4 Å². The lowest BCUT2D eigenvalue weighted by Gasteiger charge is -2.31. The summed E-state index contributed by atoms with van der Waals surface area (Å²) in [6.45, 7) is 6.44. The molecule has 1 fully saturated rings. The van der Waals surface area contributed by atoms with E-state index in [1.54, 1.807) is 0 Å². The monoisotopic (exact) mass is 418 g/mol. The SMILES string of the molecule is Cc1cc2oc(C(=O)Nc3cccc(Cl)c3N3CCOCC3)c(C)c2cc1Cl. The average molecular weight is 419 g/mol. The Labute approximate surface area is 173 Å². The van der Waals surface area contributed by atoms with Crippen LogP contribution in [0.3, 0.4) is 0 Å². The molecule has 0 atom stereocenters. The second kappa shape index (κ2) is 7.66. The molecule has 2 heterocycles. The summed E-state index contributed by atoms with van der Waals surface area (Å²) in [5, 5.41) is 5.03. The molecule has 1 aromatic heterocycles. The number of furan rings is 1. The Bertz CT molecular complexity index is 1060. The molecule has 7 heteroatoms. The fourth-order valence-corrected chi connectivity index (χ4v) is 3.92. The predicted molar refractivity (Wildman–Crippen MR) is 113 cm³/mol. The van der Waals surface area contributed by atoms with Crippen LogP contribution < -0.4 is 10.2 Å². The third-order valence-corrected chi connectivity index (χ3v) is 5.70. The molecule has 3 aromatic rings. The van der Waals surface area contributed by atoms with Crippen LogP contribution in [-0.4, -0.2) is 32.2 Å². The zero-order chi connectivity index (χ0) is 19.8. The molecule has 0 saturated carbocycles. The average Bonchev–Trinajstić information content (AvgIpc) is 2.99. The van der Waals surface area contributed by atoms with Crippen LogP contribution in [0.15, 0.2) is 34.7 Å². The summed E-state index contributed by atoms with van der Waals surface area (Å²) in [5.74, 6) is -0.0520. The van der Waals surface area contributed by atoms with E-state index in [0.29, 0.717) is 47.6 Å². The van der Waals surface area contributed by atoms with E-state index in [-0.39, 0.29) is 11.7 Å². The summed E-state index contributed by atoms with van der Waals surface area (Å²) in [6.07, 6.45) is 0. The molecule has 1 N–H and O–H groups in total. The van der Waals surface area contributed by atoms with Gasteiger partial charge in [0.25, 0.3) is 5.91 Å². The number of para-hydroxylation sites is 1. The molecule has 5 nitrogen and oxygen atoms in total. The Hall–Kier alpha value is -2.21. The number of fused-ring (bicyclic) bond motifs is 1. The molecule has 0 bridgehead atoms. The van der Waals surface area contributed by atoms with Crippen LogP contribution in [0.4, 0.5) is 11.4 Å². The number of amides is 1. The van der Waals surface area contributed by atoms with Gasteiger partial charge in [-0.1, -0.05) is 29.3 Å². The first kappa shape index (κ1) is 19.1. The third-order valence-electron chi connectivity index (χ3n) is 4.99. The summed E-state index contributed by atoms with van der Waals surface area (Å²) >= 11 is 12.7. The summed E-state index contributed by atoms with van der Waals surface area (Å²) in [6, 6.07) is 9.16. The van der Waals surface area contributed by atoms with E-state index < -0.39 is 0 Å². The molecule has 0 unspecified atom stereocenters. The highest BCUT2D eigenvalue weighted by atomic mass is 35.5. The molecule has 28 heavy (non-hydrogen) atoms. The number of hydrogen-bond acceptors (Lipinski definition) is 4. The number of carbonyl (C=O) groups is 1. The number of rotatable bonds is 3. The number of nitrogens with one attached hydrogen (secondary N) is 1. The molecule has 1 saturated heterocycles. The van der Waals surface area contributed by atoms with Crippen molar-refractivity contribution >= 4 is 51.5 Å². The zero-order valence-corrected chi connectivity index (χ0v) is 17.2. The van der Waals surface area contributed by atoms with Gasteiger partial charge in [0.15, 0.2) is 5.76 Å². The molecule has 4 rings (SSSR count). The number of morpholine rings is 1. The minimum absolute atomic E-state index is 0.268. The van der Waals surface area contributed by atoms with Crippen molar-refractivity contribution < 1.29 is 13.9 Å². The van der Waals surface area contributed by atoms with E-state index in [4.69, 9.17) is 32.4 Å². The quantitative estimate of drug-likeness (QED) is 0.614. The van der Waals surface area contributed by atoms with Crippen molar-refractivity contribution in [2.75, 3.05) is 36.5 Å². The zero-order valence-electron chi connectivity index (χ0n) is 15.6. The summed E-state index contributed by atoms with van der Waals surface area (Å²) in [4.78, 5) is 15.1. The van der Waals surface area contributed by atoms with Crippen molar-refractivity contribution in [1.82, 2.24) is 0 Å². The Morgan fingerprint density at radius 2 is 1.86 bits per heavy atom. The van der Waals surface area contributed by atoms with Gasteiger partial charge in [-0.15, -0.1) is 0 Å². The summed E-state index contributed by atoms with van der Waals surface area (Å²) in [7, 11) is 0. The Balaban J connectivity index is 1.69. The Kier molecular flexibility index (Phi) is 5.23. The van der Waals surface area contributed by atoms with Crippen molar-refractivity contribution in [2.24, 2.45) is 0 Å². The van der Waals surface area contributed by atoms with Crippen LogP contribution in [0.5, 0.6) is 0 Å². The number of carbonyl (C=O) groups excluding carboxylic acids is 1. The number of anilines is 2. The van der Waals surface area contributed by atoms with Crippen LogP contribution >= 0.6 is 23.2 Å². The minimum atomic E-state index is -0.320. The van der Waals surface area contributed by atoms with E-state index >= 15 is 0 Å². The number of aryl methyl sites for hydroxylation is 2. The molecule has 146 valence electrons. The van der Waals surface area contributed by atoms with Gasteiger partial charge in [0.1, 0.15) is 5.58 Å². The van der Waals surface area contributed by atoms with E-state index in [1.807, 2.05) is 44.2 Å². The number of nitrogens with zero attached hydrogens (tertiary/aromatic N) is 1. The molecule has 0 spiro atoms. The van der Waals surface area contributed by atoms with Gasteiger partial charge in [-0.25, -0.2) is 0 Å². The van der Waals surface area contributed by atoms with Gasteiger partial charge in [0, 0.05) is 29.1 Å². The van der Waals surface area contributed by atoms with Gasteiger partial charge in [-0.3, -0.25) is 4.79 Å². The van der Waals surface area contributed by atoms with Gasteiger partial charge in [-0.05, 0) is 43.7 Å². The standard InChI is InChI=1S/C21H20Cl2N2O3/c1-12-10-18-14(11-16(12)23)13(2)20(28-18)21(26)24-17-5-3-4-15(22)19(17)25-6-8-27-9-7-25/h3-5,10-11H,6-9H2,1-2H3,(H,24,26). The fraction of sp³-hybridized carbons (Fsp3) is 0.286. The first-order valence-electron chi connectivity index (χ1n) is 9.07. The first-order chi connectivity index (χ1) is 13.5. The maximum absolute atomic E-state index is 13.0. The van der Waals surface area contributed by atoms with Crippen molar-refractivity contribution in [3.8, 4) is 0 Å². The van der Waals surface area contributed by atoms with Crippen molar-refractivity contribution in [3.63, 3.8) is 0 Å². The first-order valence-corrected chi connectivity index (χ1v) is 9.83. The summed E-state index contributed by atoms with van der Waals surface area (Å²) < 4.78 is 11.3. The van der Waals surface area contributed by atoms with Gasteiger partial charge in [0.05, 0.1) is 29.6 Å². The van der Waals surface area contributed by atoms with Gasteiger partial charge in [-0.2, -0.15) is 0 Å². The van der Waals surface area contributed by atoms with Crippen LogP contribution in [0.2, 0.25) is 10.0 Å². The molecule has 0 aliphatic carbocycles. The van der Waals surface area contributed by atoms with Crippen LogP contribution in [0.25, 0.3) is 11.0 Å². The second-order valence-electron chi connectivity index (χ2n) is 6.84. The van der Waals surface area contributed by atoms with Crippen molar-refractivity contribution in [2.45, 2.75) is 13.8 Å². The molecular formula is C21H20Cl2N2O3. The van der Waals surface area contributed by atoms with Gasteiger partial charge in [0.2, 0.25) is 0 Å². The lowest BCUT2D eigenvalue weighted by molar-refractivity contribution is 0.0998. The van der Waals surface area contributed by atoms with E-state index in [1.165, 1.54) is 0 Å². The molecule has 1 aliphatic heterocycles. The maximum atomic E-state index is 13.0. The number of hydrogen-bond donors (Lipinski definition) is 1. The second-order valence-corrected chi connectivity index (χ2v) is 7.66. The van der Waals surface area contributed by atoms with Crippen LogP contribution in [0.1, 0.15) is 21.7 Å². The molecule has 1 amide bonds. The number of ether oxygens (including phenoxy) is 1. The molecular weight excluding hydrogens is 399 g/mol. The minimum Gasteiger partial charge on any atom is -0.451 e. The number of benzene rings is 2. The lowest BCUT2D eigenvalue weighted by atomic mass is 10.1. The number of halogens is 2. The highest BCUT2D eigenvalue weighted by Crippen LogP contribution is 2.36. The van der Waals surface area contributed by atoms with Crippen LogP contribution in [0, 0.1) is 13.8 Å². The summed E-state index contributed by atoms with van der Waals surface area (Å²) in [5.41, 5.74) is 3.75. The lowest BCUT2D eigenvalue weighted by Crippen LogP contribution is -2.37. The Morgan fingerprint density at radius 3 is 2.61 bits per heavy atom. The highest BCUT2D eigenvalue weighted by molar-refractivity contribution is 6.34. The van der Waals surface area contributed by atoms with E-state index in [2.05, 4.69) is 10.2 Å². The smallest absolute Gasteiger partial charge is 0.291 e. The van der Waals surface area contributed by atoms with Crippen molar-refractivity contribution in [1.29, 1.82) is 0 Å². The predicted octanol–water partition coefficient (Wildman–Crippen LogP) is 5.45.